The van der Waals surface area contributed by atoms with Gasteiger partial charge in [0.25, 0.3) is 0 Å². The van der Waals surface area contributed by atoms with Crippen molar-refractivity contribution in [1.29, 1.82) is 0 Å². The Morgan fingerprint density at radius 1 is 0.770 bits per heavy atom. The quantitative estimate of drug-likeness (QED) is 0.261. The average Bonchev–Trinajstić information content (AvgIpc) is 3.99. The summed E-state index contributed by atoms with van der Waals surface area (Å²) in [6.07, 6.45) is 47.3. The van der Waals surface area contributed by atoms with E-state index in [0.717, 1.165) is 37.0 Å². The lowest BCUT2D eigenvalue weighted by atomic mass is 9.58. The second-order valence-electron chi connectivity index (χ2n) is 21.0. The van der Waals surface area contributed by atoms with Crippen LogP contribution in [0.2, 0.25) is 0 Å². The highest BCUT2D eigenvalue weighted by atomic mass is 16.3. The molecule has 0 saturated heterocycles. The number of fused-ring (bicyclic) bond motifs is 15. The predicted molar refractivity (Wildman–Crippen MR) is 252 cm³/mol. The van der Waals surface area contributed by atoms with Gasteiger partial charge in [-0.1, -0.05) is 142 Å². The van der Waals surface area contributed by atoms with Crippen LogP contribution in [0.3, 0.4) is 0 Å². The lowest BCUT2D eigenvalue weighted by Crippen LogP contribution is -2.42. The standard InChI is InChI=1S/C59H61NO/c1-36-28-31-45-42-20-7-11-22-47(42)58(2,3)56(45)57(36)60(52-25-15-27-54-55(52)46-21-10-14-26-53(46)61-54)39-30-33-44-43-32-29-38(37-16-5-4-6-17-37)34-50(43)59(51(44)35-39)48-23-12-8-18-40(48)41-19-9-13-24-49(41)59/h5,7-8,10-12,15-18,20-23,25,27,30,33-36,41-42,44-45,47,49,51H,4,6,9,13-14,19,24,26,28-29,31-32H2,1-3H3. The number of hydrogen-bond donors (Lipinski definition) is 0. The molecule has 2 heteroatoms. The summed E-state index contributed by atoms with van der Waals surface area (Å²) < 4.78 is 6.78. The van der Waals surface area contributed by atoms with Crippen LogP contribution in [-0.4, -0.2) is 0 Å². The first kappa shape index (κ1) is 36.8. The second kappa shape index (κ2) is 13.6. The molecule has 0 aliphatic heterocycles. The number of nitrogens with zero attached hydrogens (tertiary/aromatic N) is 1. The van der Waals surface area contributed by atoms with Crippen LogP contribution >= 0.6 is 0 Å². The van der Waals surface area contributed by atoms with Crippen LogP contribution in [0.5, 0.6) is 0 Å². The van der Waals surface area contributed by atoms with Crippen molar-refractivity contribution in [2.45, 2.75) is 109 Å². The molecular formula is C59H61NO. The van der Waals surface area contributed by atoms with Gasteiger partial charge in [-0.3, -0.25) is 0 Å². The Balaban J connectivity index is 1.07. The third-order valence-corrected chi connectivity index (χ3v) is 18.0. The Morgan fingerprint density at radius 3 is 2.57 bits per heavy atom. The van der Waals surface area contributed by atoms with Crippen molar-refractivity contribution in [2.24, 2.45) is 46.8 Å². The smallest absolute Gasteiger partial charge is 0.137 e. The summed E-state index contributed by atoms with van der Waals surface area (Å²) in [5, 5.41) is 1.29. The maximum Gasteiger partial charge on any atom is 0.137 e. The number of anilines is 1. The van der Waals surface area contributed by atoms with Crippen LogP contribution in [-0.2, 0) is 11.8 Å². The van der Waals surface area contributed by atoms with Crippen molar-refractivity contribution in [3.05, 3.63) is 177 Å². The SMILES string of the molecule is CC1CCC2C(=C1N(C1=CC3C(C=C1)C1=C(C=C(C4=CCCC=C4)CC1)C31c3ccccc3C3CCCCC31)c1cccc3oc4c(c13)C=CCC4)C(C)(C)C1C=CC=CC21. The fraction of sp³-hybridized carbons (Fsp3) is 0.424. The fourth-order valence-electron chi connectivity index (χ4n) is 15.7. The zero-order valence-electron chi connectivity index (χ0n) is 36.5. The van der Waals surface area contributed by atoms with Crippen LogP contribution < -0.4 is 4.90 Å². The zero-order chi connectivity index (χ0) is 40.6. The minimum atomic E-state index is -0.0345. The highest BCUT2D eigenvalue weighted by Gasteiger charge is 2.63. The summed E-state index contributed by atoms with van der Waals surface area (Å²) in [5.74, 6) is 5.24. The predicted octanol–water partition coefficient (Wildman–Crippen LogP) is 15.1. The van der Waals surface area contributed by atoms with Crippen molar-refractivity contribution in [3.8, 4) is 0 Å². The number of benzene rings is 2. The Bertz CT molecular complexity index is 2710. The topological polar surface area (TPSA) is 16.4 Å². The highest BCUT2D eigenvalue weighted by Crippen LogP contribution is 2.70. The third-order valence-electron chi connectivity index (χ3n) is 18.0. The van der Waals surface area contributed by atoms with E-state index in [4.69, 9.17) is 4.42 Å². The highest BCUT2D eigenvalue weighted by molar-refractivity contribution is 6.01. The maximum absolute atomic E-state index is 6.78. The normalized spacial score (nSPS) is 34.7. The molecule has 10 aliphatic carbocycles. The molecule has 13 rings (SSSR count). The van der Waals surface area contributed by atoms with E-state index in [1.165, 1.54) is 79.3 Å². The Labute approximate surface area is 363 Å². The Morgan fingerprint density at radius 2 is 1.66 bits per heavy atom. The van der Waals surface area contributed by atoms with E-state index in [9.17, 15) is 0 Å². The van der Waals surface area contributed by atoms with Crippen LogP contribution in [0.4, 0.5) is 5.69 Å². The van der Waals surface area contributed by atoms with Crippen molar-refractivity contribution >= 4 is 22.7 Å². The lowest BCUT2D eigenvalue weighted by Gasteiger charge is -2.46. The van der Waals surface area contributed by atoms with Crippen molar-refractivity contribution in [1.82, 2.24) is 0 Å². The summed E-state index contributed by atoms with van der Waals surface area (Å²) in [6, 6.07) is 16.8. The van der Waals surface area contributed by atoms with Crippen molar-refractivity contribution in [2.75, 3.05) is 4.90 Å². The van der Waals surface area contributed by atoms with Crippen LogP contribution in [0, 0.1) is 46.8 Å². The summed E-state index contributed by atoms with van der Waals surface area (Å²) in [4.78, 5) is 2.84. The minimum Gasteiger partial charge on any atom is -0.460 e. The minimum absolute atomic E-state index is 0.0345. The molecule has 10 aliphatic rings. The number of rotatable bonds is 4. The first-order chi connectivity index (χ1) is 29.9. The first-order valence-corrected chi connectivity index (χ1v) is 24.4. The van der Waals surface area contributed by atoms with E-state index in [-0.39, 0.29) is 10.8 Å². The van der Waals surface area contributed by atoms with E-state index < -0.39 is 0 Å². The maximum atomic E-state index is 6.78. The van der Waals surface area contributed by atoms with Crippen molar-refractivity contribution in [3.63, 3.8) is 0 Å². The Hall–Kier alpha value is -4.82. The number of allylic oxidation sites excluding steroid dienone is 18. The molecule has 308 valence electrons. The summed E-state index contributed by atoms with van der Waals surface area (Å²) >= 11 is 0. The number of furan rings is 1. The molecule has 3 aromatic rings. The zero-order valence-corrected chi connectivity index (χ0v) is 36.5. The molecule has 2 aromatic carbocycles. The largest absolute Gasteiger partial charge is 0.460 e. The van der Waals surface area contributed by atoms with Gasteiger partial charge in [0.15, 0.2) is 0 Å². The number of aryl methyl sites for hydroxylation is 1. The lowest BCUT2D eigenvalue weighted by molar-refractivity contribution is 0.191. The summed E-state index contributed by atoms with van der Waals surface area (Å²) in [6.45, 7) is 7.70. The second-order valence-corrected chi connectivity index (χ2v) is 21.0. The molecule has 9 atom stereocenters. The van der Waals surface area contributed by atoms with Gasteiger partial charge in [0.1, 0.15) is 11.3 Å². The monoisotopic (exact) mass is 799 g/mol. The molecule has 0 amide bonds. The summed E-state index contributed by atoms with van der Waals surface area (Å²) in [7, 11) is 0. The number of hydrogen-bond acceptors (Lipinski definition) is 2. The third kappa shape index (κ3) is 5.03. The first-order valence-electron chi connectivity index (χ1n) is 24.4. The molecule has 0 radical (unpaired) electrons. The molecule has 2 fully saturated rings. The van der Waals surface area contributed by atoms with Gasteiger partial charge in [0.2, 0.25) is 0 Å². The molecule has 1 aromatic heterocycles. The van der Waals surface area contributed by atoms with Gasteiger partial charge >= 0.3 is 0 Å². The molecule has 0 bridgehead atoms. The van der Waals surface area contributed by atoms with Gasteiger partial charge < -0.3 is 9.32 Å². The molecular weight excluding hydrogens is 739 g/mol. The van der Waals surface area contributed by atoms with E-state index in [1.807, 2.05) is 0 Å². The van der Waals surface area contributed by atoms with E-state index >= 15 is 0 Å². The van der Waals surface area contributed by atoms with Crippen molar-refractivity contribution < 1.29 is 4.42 Å². The van der Waals surface area contributed by atoms with Crippen LogP contribution in [0.1, 0.15) is 120 Å². The molecule has 2 saturated carbocycles. The molecule has 61 heavy (non-hydrogen) atoms. The molecule has 0 N–H and O–H groups in total. The average molecular weight is 800 g/mol. The summed E-state index contributed by atoms with van der Waals surface area (Å²) in [5.41, 5.74) is 18.1. The van der Waals surface area contributed by atoms with Gasteiger partial charge in [-0.2, -0.15) is 0 Å². The van der Waals surface area contributed by atoms with E-state index in [0.29, 0.717) is 47.3 Å². The van der Waals surface area contributed by atoms with Gasteiger partial charge in [-0.25, -0.2) is 0 Å². The van der Waals surface area contributed by atoms with Gasteiger partial charge in [0, 0.05) is 40.6 Å². The van der Waals surface area contributed by atoms with Crippen LogP contribution in [0.25, 0.3) is 17.0 Å². The van der Waals surface area contributed by atoms with E-state index in [1.54, 1.807) is 39.1 Å². The molecule has 9 unspecified atom stereocenters. The van der Waals surface area contributed by atoms with Gasteiger partial charge in [-0.05, 0) is 150 Å². The fourth-order valence-corrected chi connectivity index (χ4v) is 15.7. The molecule has 2 nitrogen and oxygen atoms in total. The van der Waals surface area contributed by atoms with E-state index in [2.05, 4.69) is 147 Å². The van der Waals surface area contributed by atoms with Crippen LogP contribution in [0.15, 0.2) is 159 Å². The molecule has 1 heterocycles. The van der Waals surface area contributed by atoms with Gasteiger partial charge in [-0.15, -0.1) is 0 Å². The van der Waals surface area contributed by atoms with Gasteiger partial charge in [0.05, 0.1) is 11.1 Å². The Kier molecular flexibility index (Phi) is 8.20. The molecule has 1 spiro atoms.